The van der Waals surface area contributed by atoms with Crippen LogP contribution < -0.4 is 0 Å². The van der Waals surface area contributed by atoms with Crippen molar-refractivity contribution in [3.8, 4) is 0 Å². The van der Waals surface area contributed by atoms with E-state index in [1.54, 1.807) is 9.80 Å². The fourth-order valence-corrected chi connectivity index (χ4v) is 4.42. The number of carbonyl (C=O) groups is 3. The lowest BCUT2D eigenvalue weighted by atomic mass is 9.89. The maximum absolute atomic E-state index is 13.1. The zero-order chi connectivity index (χ0) is 20.4. The van der Waals surface area contributed by atoms with Gasteiger partial charge in [0.25, 0.3) is 0 Å². The quantitative estimate of drug-likeness (QED) is 0.847. The molecule has 0 saturated carbocycles. The average molecular weight is 392 g/mol. The van der Waals surface area contributed by atoms with Crippen molar-refractivity contribution >= 4 is 17.8 Å². The third kappa shape index (κ3) is 4.01. The summed E-state index contributed by atoms with van der Waals surface area (Å²) in [4.78, 5) is 40.7. The predicted molar refractivity (Wildman–Crippen MR) is 107 cm³/mol. The average Bonchev–Trinajstić information content (AvgIpc) is 3.34. The Hall–Kier alpha value is -3.15. The van der Waals surface area contributed by atoms with Gasteiger partial charge in [-0.3, -0.25) is 14.4 Å². The number of rotatable bonds is 5. The Kier molecular flexibility index (Phi) is 5.34. The largest absolute Gasteiger partial charge is 0.481 e. The molecule has 3 atom stereocenters. The second-order valence-corrected chi connectivity index (χ2v) is 7.87. The summed E-state index contributed by atoms with van der Waals surface area (Å²) in [6.45, 7) is 1.45. The van der Waals surface area contributed by atoms with Crippen molar-refractivity contribution < 1.29 is 19.5 Å². The van der Waals surface area contributed by atoms with Crippen molar-refractivity contribution in [2.75, 3.05) is 19.6 Å². The molecule has 29 heavy (non-hydrogen) atoms. The molecule has 6 heteroatoms. The fourth-order valence-electron chi connectivity index (χ4n) is 4.42. The Labute approximate surface area is 169 Å². The minimum Gasteiger partial charge on any atom is -0.481 e. The second-order valence-electron chi connectivity index (χ2n) is 7.87. The first-order valence-corrected chi connectivity index (χ1v) is 9.91. The minimum atomic E-state index is -0.887. The van der Waals surface area contributed by atoms with Gasteiger partial charge in [0, 0.05) is 38.5 Å². The Morgan fingerprint density at radius 3 is 2.24 bits per heavy atom. The number of carboxylic acids is 1. The van der Waals surface area contributed by atoms with E-state index >= 15 is 0 Å². The van der Waals surface area contributed by atoms with Gasteiger partial charge in [0.05, 0.1) is 11.8 Å². The van der Waals surface area contributed by atoms with Crippen LogP contribution in [0.15, 0.2) is 60.7 Å². The van der Waals surface area contributed by atoms with Gasteiger partial charge in [-0.15, -0.1) is 0 Å². The van der Waals surface area contributed by atoms with E-state index in [1.807, 2.05) is 60.7 Å². The van der Waals surface area contributed by atoms with Crippen LogP contribution in [0.1, 0.15) is 23.5 Å². The molecule has 0 bridgehead atoms. The monoisotopic (exact) mass is 392 g/mol. The zero-order valence-corrected chi connectivity index (χ0v) is 16.1. The van der Waals surface area contributed by atoms with Gasteiger partial charge in [-0.25, -0.2) is 0 Å². The van der Waals surface area contributed by atoms with Gasteiger partial charge >= 0.3 is 5.97 Å². The van der Waals surface area contributed by atoms with Crippen LogP contribution in [-0.2, 0) is 20.9 Å². The van der Waals surface area contributed by atoms with Crippen molar-refractivity contribution in [1.29, 1.82) is 0 Å². The maximum atomic E-state index is 13.1. The van der Waals surface area contributed by atoms with E-state index in [0.717, 1.165) is 11.1 Å². The summed E-state index contributed by atoms with van der Waals surface area (Å²) < 4.78 is 0. The van der Waals surface area contributed by atoms with Crippen molar-refractivity contribution in [1.82, 2.24) is 9.80 Å². The molecular formula is C23H24N2O4. The van der Waals surface area contributed by atoms with Gasteiger partial charge in [0.1, 0.15) is 0 Å². The Bertz CT molecular complexity index is 900. The molecule has 2 amide bonds. The molecule has 2 heterocycles. The van der Waals surface area contributed by atoms with E-state index in [0.29, 0.717) is 19.6 Å². The fraction of sp³-hybridized carbons (Fsp3) is 0.348. The van der Waals surface area contributed by atoms with Crippen molar-refractivity contribution in [2.24, 2.45) is 11.8 Å². The third-order valence-electron chi connectivity index (χ3n) is 5.96. The highest BCUT2D eigenvalue weighted by Gasteiger charge is 2.44. The summed E-state index contributed by atoms with van der Waals surface area (Å²) in [5.74, 6) is -2.29. The predicted octanol–water partition coefficient (Wildman–Crippen LogP) is 2.36. The zero-order valence-electron chi connectivity index (χ0n) is 16.1. The molecule has 1 unspecified atom stereocenters. The van der Waals surface area contributed by atoms with E-state index in [4.69, 9.17) is 0 Å². The van der Waals surface area contributed by atoms with E-state index in [1.165, 1.54) is 0 Å². The number of benzene rings is 2. The summed E-state index contributed by atoms with van der Waals surface area (Å²) in [6.07, 6.45) is 0.190. The number of aliphatic carboxylic acids is 1. The molecule has 0 aliphatic carbocycles. The molecule has 4 rings (SSSR count). The lowest BCUT2D eigenvalue weighted by Crippen LogP contribution is -2.36. The molecule has 1 N–H and O–H groups in total. The van der Waals surface area contributed by atoms with Crippen LogP contribution >= 0.6 is 0 Å². The van der Waals surface area contributed by atoms with Gasteiger partial charge in [0.2, 0.25) is 11.8 Å². The first-order chi connectivity index (χ1) is 14.0. The van der Waals surface area contributed by atoms with Crippen LogP contribution in [0, 0.1) is 11.8 Å². The molecule has 0 spiro atoms. The molecular weight excluding hydrogens is 368 g/mol. The molecule has 2 aromatic rings. The Balaban J connectivity index is 1.44. The highest BCUT2D eigenvalue weighted by atomic mass is 16.4. The van der Waals surface area contributed by atoms with Crippen LogP contribution in [0.3, 0.4) is 0 Å². The van der Waals surface area contributed by atoms with Crippen LogP contribution in [-0.4, -0.2) is 52.3 Å². The molecule has 2 aliphatic rings. The number of hydrogen-bond donors (Lipinski definition) is 1. The smallest absolute Gasteiger partial charge is 0.308 e. The highest BCUT2D eigenvalue weighted by molar-refractivity contribution is 5.90. The normalized spacial score (nSPS) is 24.1. The van der Waals surface area contributed by atoms with E-state index in [2.05, 4.69) is 0 Å². The molecule has 2 fully saturated rings. The summed E-state index contributed by atoms with van der Waals surface area (Å²) in [5, 5.41) is 9.66. The lowest BCUT2D eigenvalue weighted by Gasteiger charge is -2.21. The van der Waals surface area contributed by atoms with Crippen LogP contribution in [0.2, 0.25) is 0 Å². The minimum absolute atomic E-state index is 0.0270. The molecule has 150 valence electrons. The van der Waals surface area contributed by atoms with Crippen LogP contribution in [0.5, 0.6) is 0 Å². The van der Waals surface area contributed by atoms with Gasteiger partial charge in [0.15, 0.2) is 0 Å². The SMILES string of the molecule is O=C(O)[C@@H]1CN(C(=O)C2CC(=O)N(Cc3ccccc3)C2)C[C@@H]1c1ccccc1. The topological polar surface area (TPSA) is 77.9 Å². The summed E-state index contributed by atoms with van der Waals surface area (Å²) in [5.41, 5.74) is 1.97. The van der Waals surface area contributed by atoms with Gasteiger partial charge in [-0.2, -0.15) is 0 Å². The van der Waals surface area contributed by atoms with Gasteiger partial charge < -0.3 is 14.9 Å². The van der Waals surface area contributed by atoms with E-state index < -0.39 is 17.8 Å². The number of amides is 2. The van der Waals surface area contributed by atoms with Gasteiger partial charge in [-0.05, 0) is 11.1 Å². The molecule has 0 radical (unpaired) electrons. The van der Waals surface area contributed by atoms with Crippen molar-refractivity contribution in [2.45, 2.75) is 18.9 Å². The van der Waals surface area contributed by atoms with Crippen LogP contribution in [0.25, 0.3) is 0 Å². The highest BCUT2D eigenvalue weighted by Crippen LogP contribution is 2.34. The maximum Gasteiger partial charge on any atom is 0.308 e. The molecule has 6 nitrogen and oxygen atoms in total. The van der Waals surface area contributed by atoms with E-state index in [9.17, 15) is 19.5 Å². The summed E-state index contributed by atoms with van der Waals surface area (Å²) in [6, 6.07) is 19.2. The molecule has 2 aliphatic heterocycles. The number of hydrogen-bond acceptors (Lipinski definition) is 3. The third-order valence-corrected chi connectivity index (χ3v) is 5.96. The number of carboxylic acid groups (broad SMARTS) is 1. The molecule has 2 saturated heterocycles. The Morgan fingerprint density at radius 1 is 0.931 bits per heavy atom. The van der Waals surface area contributed by atoms with Crippen molar-refractivity contribution in [3.63, 3.8) is 0 Å². The number of likely N-dealkylation sites (tertiary alicyclic amines) is 2. The van der Waals surface area contributed by atoms with Crippen LogP contribution in [0.4, 0.5) is 0 Å². The van der Waals surface area contributed by atoms with Gasteiger partial charge in [-0.1, -0.05) is 60.7 Å². The van der Waals surface area contributed by atoms with E-state index in [-0.39, 0.29) is 30.7 Å². The summed E-state index contributed by atoms with van der Waals surface area (Å²) >= 11 is 0. The number of carbonyl (C=O) groups excluding carboxylic acids is 2. The number of nitrogens with zero attached hydrogens (tertiary/aromatic N) is 2. The second kappa shape index (κ2) is 8.07. The first-order valence-electron chi connectivity index (χ1n) is 9.91. The lowest BCUT2D eigenvalue weighted by molar-refractivity contribution is -0.142. The Morgan fingerprint density at radius 2 is 1.59 bits per heavy atom. The molecule has 0 aromatic heterocycles. The first kappa shape index (κ1) is 19.2. The van der Waals surface area contributed by atoms with Crippen molar-refractivity contribution in [3.05, 3.63) is 71.8 Å². The standard InChI is InChI=1S/C23H24N2O4/c26-21-11-18(13-24(21)12-16-7-3-1-4-8-16)22(27)25-14-19(20(15-25)23(28)29)17-9-5-2-6-10-17/h1-10,18-20H,11-15H2,(H,28,29)/t18?,19-,20-/m1/s1. The summed E-state index contributed by atoms with van der Waals surface area (Å²) in [7, 11) is 0. The molecule has 2 aromatic carbocycles.